The van der Waals surface area contributed by atoms with Crippen molar-refractivity contribution in [3.63, 3.8) is 0 Å². The van der Waals surface area contributed by atoms with Crippen LogP contribution in [0.2, 0.25) is 0 Å². The topological polar surface area (TPSA) is 131 Å². The normalized spacial score (nSPS) is 17.3. The number of H-pyrrole nitrogens is 1. The summed E-state index contributed by atoms with van der Waals surface area (Å²) in [7, 11) is -7.24. The quantitative estimate of drug-likeness (QED) is 0.654. The monoisotopic (exact) mass is 426 g/mol. The molecule has 11 heteroatoms. The van der Waals surface area contributed by atoms with Gasteiger partial charge >= 0.3 is 5.76 Å². The molecule has 28 heavy (non-hydrogen) atoms. The van der Waals surface area contributed by atoms with E-state index in [1.165, 1.54) is 28.8 Å². The van der Waals surface area contributed by atoms with E-state index in [0.717, 1.165) is 0 Å². The Balaban J connectivity index is 1.49. The molecule has 1 aromatic carbocycles. The Kier molecular flexibility index (Phi) is 4.68. The molecule has 0 atom stereocenters. The summed E-state index contributed by atoms with van der Waals surface area (Å²) in [6.07, 6.45) is 1.85. The smallest absolute Gasteiger partial charge is 0.417 e. The number of piperidine rings is 1. The van der Waals surface area contributed by atoms with Crippen LogP contribution in [-0.4, -0.2) is 44.5 Å². The molecule has 1 N–H and O–H groups in total. The van der Waals surface area contributed by atoms with Crippen molar-refractivity contribution in [2.45, 2.75) is 28.7 Å². The Hall–Kier alpha value is -2.37. The molecule has 1 aliphatic rings. The van der Waals surface area contributed by atoms with Gasteiger partial charge in [0, 0.05) is 13.1 Å². The van der Waals surface area contributed by atoms with Crippen LogP contribution in [0.15, 0.2) is 55.1 Å². The van der Waals surface area contributed by atoms with Crippen LogP contribution in [0, 0.1) is 0 Å². The van der Waals surface area contributed by atoms with Crippen molar-refractivity contribution in [2.24, 2.45) is 0 Å². The summed E-state index contributed by atoms with van der Waals surface area (Å²) in [5.74, 6) is -0.480. The van der Waals surface area contributed by atoms with Crippen LogP contribution in [0.1, 0.15) is 18.6 Å². The number of benzene rings is 1. The van der Waals surface area contributed by atoms with Crippen molar-refractivity contribution in [2.75, 3.05) is 13.1 Å². The van der Waals surface area contributed by atoms with Crippen molar-refractivity contribution in [1.82, 2.24) is 9.29 Å². The number of sulfone groups is 1. The molecule has 1 aliphatic heterocycles. The fraction of sp³-hybridized carbons (Fsp3) is 0.353. The second-order valence-corrected chi connectivity index (χ2v) is 10.9. The number of hydrogen-bond acceptors (Lipinski definition) is 7. The maximum Gasteiger partial charge on any atom is 0.417 e. The van der Waals surface area contributed by atoms with Gasteiger partial charge in [-0.05, 0) is 43.2 Å². The Labute approximate surface area is 160 Å². The average molecular weight is 426 g/mol. The van der Waals surface area contributed by atoms with Crippen molar-refractivity contribution in [3.8, 4) is 0 Å². The molecule has 9 nitrogen and oxygen atoms in total. The van der Waals surface area contributed by atoms with Crippen LogP contribution in [0.3, 0.4) is 0 Å². The van der Waals surface area contributed by atoms with Crippen molar-refractivity contribution in [3.05, 3.63) is 52.9 Å². The summed E-state index contributed by atoms with van der Waals surface area (Å²) >= 11 is 0. The van der Waals surface area contributed by atoms with Crippen LogP contribution < -0.4 is 5.76 Å². The van der Waals surface area contributed by atoms with Crippen LogP contribution in [0.25, 0.3) is 11.1 Å². The van der Waals surface area contributed by atoms with Crippen LogP contribution in [-0.2, 0) is 25.6 Å². The lowest BCUT2D eigenvalue weighted by atomic mass is 10.2. The first-order valence-corrected chi connectivity index (χ1v) is 11.8. The van der Waals surface area contributed by atoms with E-state index in [1.54, 1.807) is 12.1 Å². The molecule has 0 unspecified atom stereocenters. The van der Waals surface area contributed by atoms with Crippen molar-refractivity contribution >= 4 is 31.0 Å². The largest absolute Gasteiger partial charge is 0.468 e. The Morgan fingerprint density at radius 1 is 1.11 bits per heavy atom. The number of fused-ring (bicyclic) bond motifs is 1. The Morgan fingerprint density at radius 3 is 2.54 bits per heavy atom. The molecule has 150 valence electrons. The number of furan rings is 1. The zero-order chi connectivity index (χ0) is 19.9. The Morgan fingerprint density at radius 2 is 1.86 bits per heavy atom. The van der Waals surface area contributed by atoms with Gasteiger partial charge in [-0.2, -0.15) is 4.31 Å². The minimum atomic E-state index is -3.81. The minimum Gasteiger partial charge on any atom is -0.468 e. The highest BCUT2D eigenvalue weighted by Crippen LogP contribution is 2.27. The summed E-state index contributed by atoms with van der Waals surface area (Å²) in [6, 6.07) is 7.36. The maximum absolute atomic E-state index is 12.9. The van der Waals surface area contributed by atoms with Gasteiger partial charge in [-0.1, -0.05) is 0 Å². The van der Waals surface area contributed by atoms with Gasteiger partial charge in [0.25, 0.3) is 0 Å². The molecule has 0 radical (unpaired) electrons. The lowest BCUT2D eigenvalue weighted by Crippen LogP contribution is -2.42. The van der Waals surface area contributed by atoms with E-state index in [0.29, 0.717) is 11.3 Å². The van der Waals surface area contributed by atoms with E-state index >= 15 is 0 Å². The van der Waals surface area contributed by atoms with Crippen molar-refractivity contribution < 1.29 is 25.7 Å². The number of rotatable bonds is 5. The lowest BCUT2D eigenvalue weighted by Gasteiger charge is -2.30. The summed E-state index contributed by atoms with van der Waals surface area (Å²) < 4.78 is 62.2. The Bertz CT molecular complexity index is 1250. The lowest BCUT2D eigenvalue weighted by molar-refractivity contribution is 0.345. The molecule has 3 heterocycles. The fourth-order valence-electron chi connectivity index (χ4n) is 3.38. The fourth-order valence-corrected chi connectivity index (χ4v) is 6.61. The molecular weight excluding hydrogens is 408 g/mol. The molecule has 0 saturated carbocycles. The molecule has 2 aromatic heterocycles. The standard InChI is InChI=1S/C17H18N2O7S2/c20-17-18-15-10-14(3-4-16(15)26-17)28(23,24)19-7-5-13(6-8-19)27(21,22)11-12-2-1-9-25-12/h1-4,9-10,13H,5-8,11H2,(H,18,20). The number of oxazole rings is 1. The second kappa shape index (κ2) is 6.90. The number of nitrogens with zero attached hydrogens (tertiary/aromatic N) is 1. The van der Waals surface area contributed by atoms with E-state index in [-0.39, 0.29) is 42.2 Å². The summed E-state index contributed by atoms with van der Waals surface area (Å²) in [5, 5.41) is -0.614. The highest BCUT2D eigenvalue weighted by molar-refractivity contribution is 7.91. The number of aromatic amines is 1. The summed E-state index contributed by atoms with van der Waals surface area (Å²) in [6.45, 7) is 0.203. The highest BCUT2D eigenvalue weighted by Gasteiger charge is 2.35. The maximum atomic E-state index is 12.9. The first-order chi connectivity index (χ1) is 13.3. The summed E-state index contributed by atoms with van der Waals surface area (Å²) in [4.78, 5) is 13.7. The summed E-state index contributed by atoms with van der Waals surface area (Å²) in [5.41, 5.74) is 0.564. The third-order valence-electron chi connectivity index (χ3n) is 4.86. The molecule has 0 spiro atoms. The molecule has 1 saturated heterocycles. The minimum absolute atomic E-state index is 0.0222. The molecule has 4 rings (SSSR count). The number of nitrogens with one attached hydrogen (secondary N) is 1. The number of sulfonamides is 1. The SMILES string of the molecule is O=c1[nH]c2cc(S(=O)(=O)N3CCC(S(=O)(=O)Cc4ccco4)CC3)ccc2o1. The predicted octanol–water partition coefficient (Wildman–Crippen LogP) is 1.48. The predicted molar refractivity (Wildman–Crippen MR) is 99.9 cm³/mol. The first-order valence-electron chi connectivity index (χ1n) is 8.63. The van der Waals surface area contributed by atoms with Crippen LogP contribution in [0.4, 0.5) is 0 Å². The molecule has 0 aliphatic carbocycles. The van der Waals surface area contributed by atoms with Gasteiger partial charge in [0.2, 0.25) is 10.0 Å². The third-order valence-corrected chi connectivity index (χ3v) is 8.93. The van der Waals surface area contributed by atoms with E-state index < -0.39 is 30.9 Å². The third kappa shape index (κ3) is 3.52. The number of hydrogen-bond donors (Lipinski definition) is 1. The van der Waals surface area contributed by atoms with Gasteiger partial charge in [-0.25, -0.2) is 21.6 Å². The number of aromatic nitrogens is 1. The highest BCUT2D eigenvalue weighted by atomic mass is 32.2. The van der Waals surface area contributed by atoms with E-state index in [9.17, 15) is 21.6 Å². The molecule has 0 amide bonds. The van der Waals surface area contributed by atoms with Crippen LogP contribution >= 0.6 is 0 Å². The average Bonchev–Trinajstić information content (AvgIpc) is 3.29. The zero-order valence-corrected chi connectivity index (χ0v) is 16.3. The van der Waals surface area contributed by atoms with Gasteiger partial charge in [0.05, 0.1) is 21.9 Å². The van der Waals surface area contributed by atoms with E-state index in [2.05, 4.69) is 4.98 Å². The zero-order valence-electron chi connectivity index (χ0n) is 14.7. The first kappa shape index (κ1) is 19.0. The molecular formula is C17H18N2O7S2. The molecule has 1 fully saturated rings. The van der Waals surface area contributed by atoms with E-state index in [1.807, 2.05) is 0 Å². The van der Waals surface area contributed by atoms with Gasteiger partial charge in [0.1, 0.15) is 11.5 Å². The van der Waals surface area contributed by atoms with E-state index in [4.69, 9.17) is 8.83 Å². The van der Waals surface area contributed by atoms with Crippen molar-refractivity contribution in [1.29, 1.82) is 0 Å². The second-order valence-electron chi connectivity index (χ2n) is 6.66. The van der Waals surface area contributed by atoms with Gasteiger partial charge in [-0.15, -0.1) is 0 Å². The molecule has 3 aromatic rings. The van der Waals surface area contributed by atoms with Gasteiger partial charge in [0.15, 0.2) is 15.4 Å². The van der Waals surface area contributed by atoms with Crippen LogP contribution in [0.5, 0.6) is 0 Å². The van der Waals surface area contributed by atoms with Gasteiger partial charge in [-0.3, -0.25) is 4.98 Å². The molecule has 0 bridgehead atoms. The van der Waals surface area contributed by atoms with Gasteiger partial charge < -0.3 is 8.83 Å².